The number of thiazole rings is 1. The molecule has 0 N–H and O–H groups in total. The Morgan fingerprint density at radius 2 is 1.56 bits per heavy atom. The first-order valence-electron chi connectivity index (χ1n) is 8.16. The summed E-state index contributed by atoms with van der Waals surface area (Å²) < 4.78 is 0. The molecule has 3 nitrogen and oxygen atoms in total. The largest absolute Gasteiger partial charge is 0.368 e. The van der Waals surface area contributed by atoms with Gasteiger partial charge in [0.25, 0.3) is 0 Å². The summed E-state index contributed by atoms with van der Waals surface area (Å²) in [4.78, 5) is 9.53. The lowest BCUT2D eigenvalue weighted by molar-refractivity contribution is 0.652. The molecule has 0 bridgehead atoms. The van der Waals surface area contributed by atoms with Crippen LogP contribution in [0.4, 0.5) is 10.8 Å². The van der Waals surface area contributed by atoms with Crippen molar-refractivity contribution in [1.29, 1.82) is 0 Å². The molecular formula is C19H17Cl2N3S. The number of anilines is 2. The van der Waals surface area contributed by atoms with Crippen molar-refractivity contribution in [3.63, 3.8) is 0 Å². The van der Waals surface area contributed by atoms with Gasteiger partial charge < -0.3 is 9.80 Å². The Kier molecular flexibility index (Phi) is 4.84. The number of aromatic nitrogens is 1. The minimum absolute atomic E-state index is 0.747. The highest BCUT2D eigenvalue weighted by Gasteiger charge is 2.20. The third kappa shape index (κ3) is 3.76. The van der Waals surface area contributed by atoms with Crippen LogP contribution in [0.5, 0.6) is 0 Å². The van der Waals surface area contributed by atoms with E-state index in [1.165, 1.54) is 5.69 Å². The zero-order chi connectivity index (χ0) is 17.2. The van der Waals surface area contributed by atoms with Crippen molar-refractivity contribution in [3.8, 4) is 11.3 Å². The van der Waals surface area contributed by atoms with E-state index in [0.717, 1.165) is 52.6 Å². The Hall–Kier alpha value is -1.75. The van der Waals surface area contributed by atoms with Gasteiger partial charge in [-0.2, -0.15) is 0 Å². The Morgan fingerprint density at radius 1 is 0.840 bits per heavy atom. The fourth-order valence-electron chi connectivity index (χ4n) is 2.99. The first-order valence-corrected chi connectivity index (χ1v) is 9.79. The number of nitrogens with zero attached hydrogens (tertiary/aromatic N) is 3. The van der Waals surface area contributed by atoms with E-state index < -0.39 is 0 Å². The van der Waals surface area contributed by atoms with Gasteiger partial charge in [0.1, 0.15) is 0 Å². The number of piperazine rings is 1. The highest BCUT2D eigenvalue weighted by atomic mass is 35.5. The number of hydrogen-bond donors (Lipinski definition) is 0. The molecule has 0 aliphatic carbocycles. The van der Waals surface area contributed by atoms with Crippen LogP contribution in [0.25, 0.3) is 11.3 Å². The van der Waals surface area contributed by atoms with Crippen LogP contribution in [-0.4, -0.2) is 31.2 Å². The van der Waals surface area contributed by atoms with Crippen molar-refractivity contribution in [2.24, 2.45) is 0 Å². The molecule has 0 amide bonds. The summed E-state index contributed by atoms with van der Waals surface area (Å²) in [5, 5.41) is 4.72. The molecular weight excluding hydrogens is 373 g/mol. The van der Waals surface area contributed by atoms with E-state index in [-0.39, 0.29) is 0 Å². The quantitative estimate of drug-likeness (QED) is 0.593. The van der Waals surface area contributed by atoms with E-state index in [1.54, 1.807) is 11.3 Å². The fourth-order valence-corrected chi connectivity index (χ4v) is 4.19. The average molecular weight is 390 g/mol. The molecule has 1 fully saturated rings. The molecule has 0 saturated carbocycles. The lowest BCUT2D eigenvalue weighted by Crippen LogP contribution is -2.46. The van der Waals surface area contributed by atoms with E-state index in [0.29, 0.717) is 0 Å². The summed E-state index contributed by atoms with van der Waals surface area (Å²) in [6.45, 7) is 3.85. The molecule has 1 aliphatic heterocycles. The predicted octanol–water partition coefficient (Wildman–Crippen LogP) is 5.44. The normalized spacial score (nSPS) is 14.8. The molecule has 0 unspecified atom stereocenters. The SMILES string of the molecule is Clc1ccc(-c2csc(N3CCN(c4cccc(Cl)c4)CC3)n2)cc1. The van der Waals surface area contributed by atoms with Crippen LogP contribution in [0.3, 0.4) is 0 Å². The maximum absolute atomic E-state index is 6.11. The topological polar surface area (TPSA) is 19.4 Å². The lowest BCUT2D eigenvalue weighted by Gasteiger charge is -2.36. The third-order valence-electron chi connectivity index (χ3n) is 4.36. The van der Waals surface area contributed by atoms with Crippen molar-refractivity contribution in [3.05, 3.63) is 64.0 Å². The average Bonchev–Trinajstić information content (AvgIpc) is 3.13. The third-order valence-corrected chi connectivity index (χ3v) is 5.74. The Morgan fingerprint density at radius 3 is 2.28 bits per heavy atom. The maximum atomic E-state index is 6.11. The van der Waals surface area contributed by atoms with Crippen molar-refractivity contribution in [1.82, 2.24) is 4.98 Å². The molecule has 1 aliphatic rings. The van der Waals surface area contributed by atoms with Gasteiger partial charge in [-0.15, -0.1) is 11.3 Å². The lowest BCUT2D eigenvalue weighted by atomic mass is 10.2. The highest BCUT2D eigenvalue weighted by molar-refractivity contribution is 7.14. The van der Waals surface area contributed by atoms with Gasteiger partial charge >= 0.3 is 0 Å². The molecule has 25 heavy (non-hydrogen) atoms. The van der Waals surface area contributed by atoms with Gasteiger partial charge in [-0.1, -0.05) is 41.4 Å². The van der Waals surface area contributed by atoms with Crippen molar-refractivity contribution in [2.45, 2.75) is 0 Å². The Bertz CT molecular complexity index is 855. The monoisotopic (exact) mass is 389 g/mol. The van der Waals surface area contributed by atoms with Gasteiger partial charge in [-0.05, 0) is 30.3 Å². The highest BCUT2D eigenvalue weighted by Crippen LogP contribution is 2.29. The second kappa shape index (κ2) is 7.24. The molecule has 6 heteroatoms. The molecule has 2 heterocycles. The van der Waals surface area contributed by atoms with Crippen LogP contribution in [0.2, 0.25) is 10.0 Å². The van der Waals surface area contributed by atoms with E-state index in [2.05, 4.69) is 21.2 Å². The molecule has 128 valence electrons. The second-order valence-electron chi connectivity index (χ2n) is 5.98. The van der Waals surface area contributed by atoms with Gasteiger partial charge in [-0.3, -0.25) is 0 Å². The standard InChI is InChI=1S/C19H17Cl2N3S/c20-15-6-4-14(5-7-15)18-13-25-19(22-18)24-10-8-23(9-11-24)17-3-1-2-16(21)12-17/h1-7,12-13H,8-11H2. The minimum atomic E-state index is 0.747. The van der Waals surface area contributed by atoms with E-state index in [1.807, 2.05) is 42.5 Å². The number of rotatable bonds is 3. The zero-order valence-corrected chi connectivity index (χ0v) is 15.9. The van der Waals surface area contributed by atoms with Gasteiger partial charge in [0.05, 0.1) is 5.69 Å². The summed E-state index contributed by atoms with van der Waals surface area (Å²) in [7, 11) is 0. The second-order valence-corrected chi connectivity index (χ2v) is 7.69. The molecule has 0 atom stereocenters. The smallest absolute Gasteiger partial charge is 0.185 e. The summed E-state index contributed by atoms with van der Waals surface area (Å²) >= 11 is 13.8. The number of hydrogen-bond acceptors (Lipinski definition) is 4. The van der Waals surface area contributed by atoms with Gasteiger partial charge in [0.15, 0.2) is 5.13 Å². The van der Waals surface area contributed by atoms with E-state index in [4.69, 9.17) is 28.2 Å². The predicted molar refractivity (Wildman–Crippen MR) is 108 cm³/mol. The molecule has 1 aromatic heterocycles. The Labute approximate surface area is 161 Å². The van der Waals surface area contributed by atoms with Crippen LogP contribution in [0.1, 0.15) is 0 Å². The van der Waals surface area contributed by atoms with Crippen LogP contribution in [0.15, 0.2) is 53.9 Å². The molecule has 0 spiro atoms. The zero-order valence-electron chi connectivity index (χ0n) is 13.5. The summed E-state index contributed by atoms with van der Waals surface area (Å²) in [6.07, 6.45) is 0. The van der Waals surface area contributed by atoms with Gasteiger partial charge in [0, 0.05) is 52.9 Å². The summed E-state index contributed by atoms with van der Waals surface area (Å²) in [6, 6.07) is 15.9. The van der Waals surface area contributed by atoms with Crippen molar-refractivity contribution in [2.75, 3.05) is 36.0 Å². The molecule has 2 aromatic carbocycles. The molecule has 4 rings (SSSR count). The maximum Gasteiger partial charge on any atom is 0.185 e. The van der Waals surface area contributed by atoms with E-state index in [9.17, 15) is 0 Å². The molecule has 0 radical (unpaired) electrons. The van der Waals surface area contributed by atoms with E-state index >= 15 is 0 Å². The summed E-state index contributed by atoms with van der Waals surface area (Å²) in [5.41, 5.74) is 3.30. The molecule has 3 aromatic rings. The van der Waals surface area contributed by atoms with Crippen molar-refractivity contribution < 1.29 is 0 Å². The first kappa shape index (κ1) is 16.7. The van der Waals surface area contributed by atoms with Crippen LogP contribution in [0, 0.1) is 0 Å². The van der Waals surface area contributed by atoms with Crippen LogP contribution >= 0.6 is 34.5 Å². The van der Waals surface area contributed by atoms with Crippen LogP contribution in [-0.2, 0) is 0 Å². The Balaban J connectivity index is 1.44. The first-order chi connectivity index (χ1) is 12.2. The van der Waals surface area contributed by atoms with Crippen LogP contribution < -0.4 is 9.80 Å². The van der Waals surface area contributed by atoms with Crippen molar-refractivity contribution >= 4 is 45.4 Å². The minimum Gasteiger partial charge on any atom is -0.368 e. The number of benzene rings is 2. The summed E-state index contributed by atoms with van der Waals surface area (Å²) in [5.74, 6) is 0. The fraction of sp³-hybridized carbons (Fsp3) is 0.211. The van der Waals surface area contributed by atoms with Gasteiger partial charge in [0.2, 0.25) is 0 Å². The van der Waals surface area contributed by atoms with Gasteiger partial charge in [-0.25, -0.2) is 4.98 Å². The molecule has 1 saturated heterocycles. The number of halogens is 2.